The molecule has 0 aliphatic carbocycles. The molecule has 0 heterocycles. The van der Waals surface area contributed by atoms with Gasteiger partial charge in [-0.05, 0) is 30.4 Å². The van der Waals surface area contributed by atoms with Gasteiger partial charge in [-0.15, -0.1) is 0 Å². The quantitative estimate of drug-likeness (QED) is 0.876. The maximum atomic E-state index is 11.8. The molecule has 1 aromatic carbocycles. The van der Waals surface area contributed by atoms with Crippen molar-refractivity contribution in [2.75, 3.05) is 20.8 Å². The second kappa shape index (κ2) is 7.34. The first kappa shape index (κ1) is 17.3. The number of amides is 1. The van der Waals surface area contributed by atoms with E-state index >= 15 is 0 Å². The molecule has 1 N–H and O–H groups in total. The molecule has 0 radical (unpaired) electrons. The number of ether oxygens (including phenoxy) is 2. The lowest BCUT2D eigenvalue weighted by atomic mass is 9.92. The zero-order chi connectivity index (χ0) is 16.0. The summed E-state index contributed by atoms with van der Waals surface area (Å²) in [5.41, 5.74) is 2.07. The maximum Gasteiger partial charge on any atom is 0.220 e. The van der Waals surface area contributed by atoms with Gasteiger partial charge in [0.2, 0.25) is 5.91 Å². The summed E-state index contributed by atoms with van der Waals surface area (Å²) in [4.78, 5) is 11.8. The summed E-state index contributed by atoms with van der Waals surface area (Å²) in [6.07, 6.45) is 1.27. The molecule has 0 saturated heterocycles. The van der Waals surface area contributed by atoms with E-state index in [0.717, 1.165) is 29.0 Å². The average Bonchev–Trinajstić information content (AvgIpc) is 2.37. The number of carbonyl (C=O) groups is 1. The van der Waals surface area contributed by atoms with Gasteiger partial charge in [0, 0.05) is 18.5 Å². The highest BCUT2D eigenvalue weighted by atomic mass is 16.5. The highest BCUT2D eigenvalue weighted by Gasteiger charge is 2.16. The monoisotopic (exact) mass is 293 g/mol. The third kappa shape index (κ3) is 5.29. The van der Waals surface area contributed by atoms with Crippen LogP contribution in [0, 0.1) is 12.3 Å². The molecule has 0 aromatic heterocycles. The number of hydrogen-bond acceptors (Lipinski definition) is 3. The van der Waals surface area contributed by atoms with Crippen LogP contribution in [0.1, 0.15) is 38.3 Å². The molecule has 1 rings (SSSR count). The van der Waals surface area contributed by atoms with Crippen LogP contribution in [0.4, 0.5) is 0 Å². The molecule has 118 valence electrons. The van der Waals surface area contributed by atoms with Crippen molar-refractivity contribution in [3.8, 4) is 11.5 Å². The van der Waals surface area contributed by atoms with E-state index in [4.69, 9.17) is 9.47 Å². The predicted molar refractivity (Wildman–Crippen MR) is 85.1 cm³/mol. The van der Waals surface area contributed by atoms with Gasteiger partial charge in [-0.1, -0.05) is 26.8 Å². The van der Waals surface area contributed by atoms with Gasteiger partial charge in [0.15, 0.2) is 0 Å². The SMILES string of the molecule is COc1ccc(CCNC(=O)CC(C)(C)C)c(OC)c1C. The highest BCUT2D eigenvalue weighted by Crippen LogP contribution is 2.31. The van der Waals surface area contributed by atoms with Crippen LogP contribution in [-0.2, 0) is 11.2 Å². The minimum Gasteiger partial charge on any atom is -0.496 e. The third-order valence-electron chi connectivity index (χ3n) is 3.27. The summed E-state index contributed by atoms with van der Waals surface area (Å²) >= 11 is 0. The van der Waals surface area contributed by atoms with Gasteiger partial charge in [-0.3, -0.25) is 4.79 Å². The second-order valence-electron chi connectivity index (χ2n) is 6.42. The summed E-state index contributed by atoms with van der Waals surface area (Å²) in [5.74, 6) is 1.73. The van der Waals surface area contributed by atoms with Crippen LogP contribution in [0.5, 0.6) is 11.5 Å². The topological polar surface area (TPSA) is 47.6 Å². The zero-order valence-electron chi connectivity index (χ0n) is 14.0. The summed E-state index contributed by atoms with van der Waals surface area (Å²) in [5, 5.41) is 2.96. The van der Waals surface area contributed by atoms with E-state index < -0.39 is 0 Å². The Bertz CT molecular complexity index is 490. The fourth-order valence-electron chi connectivity index (χ4n) is 2.31. The molecular weight excluding hydrogens is 266 g/mol. The number of rotatable bonds is 6. The molecule has 1 amide bonds. The Morgan fingerprint density at radius 3 is 2.38 bits per heavy atom. The Morgan fingerprint density at radius 2 is 1.86 bits per heavy atom. The molecule has 4 heteroatoms. The number of methoxy groups -OCH3 is 2. The molecule has 21 heavy (non-hydrogen) atoms. The van der Waals surface area contributed by atoms with E-state index in [-0.39, 0.29) is 11.3 Å². The van der Waals surface area contributed by atoms with Crippen molar-refractivity contribution in [1.82, 2.24) is 5.32 Å². The fourth-order valence-corrected chi connectivity index (χ4v) is 2.31. The van der Waals surface area contributed by atoms with Gasteiger partial charge in [-0.25, -0.2) is 0 Å². The van der Waals surface area contributed by atoms with Crippen LogP contribution in [0.25, 0.3) is 0 Å². The van der Waals surface area contributed by atoms with Crippen LogP contribution in [0.2, 0.25) is 0 Å². The first-order chi connectivity index (χ1) is 9.78. The summed E-state index contributed by atoms with van der Waals surface area (Å²) in [6, 6.07) is 3.92. The fraction of sp³-hybridized carbons (Fsp3) is 0.588. The molecule has 0 unspecified atom stereocenters. The second-order valence-corrected chi connectivity index (χ2v) is 6.42. The van der Waals surface area contributed by atoms with E-state index in [0.29, 0.717) is 13.0 Å². The van der Waals surface area contributed by atoms with Crippen LogP contribution in [0.3, 0.4) is 0 Å². The predicted octanol–water partition coefficient (Wildman–Crippen LogP) is 3.11. The average molecular weight is 293 g/mol. The van der Waals surface area contributed by atoms with Gasteiger partial charge < -0.3 is 14.8 Å². The minimum absolute atomic E-state index is 0.0124. The normalized spacial score (nSPS) is 11.1. The van der Waals surface area contributed by atoms with Crippen molar-refractivity contribution in [1.29, 1.82) is 0 Å². The minimum atomic E-state index is 0.0124. The molecule has 0 saturated carbocycles. The van der Waals surface area contributed by atoms with Crippen LogP contribution in [-0.4, -0.2) is 26.7 Å². The molecular formula is C17H27NO3. The smallest absolute Gasteiger partial charge is 0.220 e. The molecule has 0 bridgehead atoms. The number of hydrogen-bond donors (Lipinski definition) is 1. The standard InChI is InChI=1S/C17H27NO3/c1-12-14(20-5)8-7-13(16(12)21-6)9-10-18-15(19)11-17(2,3)4/h7-8H,9-11H2,1-6H3,(H,18,19). The van der Waals surface area contributed by atoms with Crippen molar-refractivity contribution in [2.24, 2.45) is 5.41 Å². The molecule has 0 aliphatic heterocycles. The molecule has 0 spiro atoms. The van der Waals surface area contributed by atoms with Gasteiger partial charge in [0.25, 0.3) is 0 Å². The largest absolute Gasteiger partial charge is 0.496 e. The number of carbonyl (C=O) groups excluding carboxylic acids is 1. The van der Waals surface area contributed by atoms with Gasteiger partial charge in [0.05, 0.1) is 14.2 Å². The summed E-state index contributed by atoms with van der Waals surface area (Å²) in [7, 11) is 3.30. The van der Waals surface area contributed by atoms with Gasteiger partial charge >= 0.3 is 0 Å². The summed E-state index contributed by atoms with van der Waals surface area (Å²) in [6.45, 7) is 8.75. The summed E-state index contributed by atoms with van der Waals surface area (Å²) < 4.78 is 10.8. The lowest BCUT2D eigenvalue weighted by Gasteiger charge is -2.18. The van der Waals surface area contributed by atoms with Crippen LogP contribution >= 0.6 is 0 Å². The number of nitrogens with one attached hydrogen (secondary N) is 1. The van der Waals surface area contributed by atoms with Crippen molar-refractivity contribution < 1.29 is 14.3 Å². The van der Waals surface area contributed by atoms with E-state index in [2.05, 4.69) is 26.1 Å². The first-order valence-corrected chi connectivity index (χ1v) is 7.25. The lowest BCUT2D eigenvalue weighted by Crippen LogP contribution is -2.29. The Balaban J connectivity index is 2.64. The maximum absolute atomic E-state index is 11.8. The van der Waals surface area contributed by atoms with Crippen LogP contribution in [0.15, 0.2) is 12.1 Å². The van der Waals surface area contributed by atoms with Crippen molar-refractivity contribution in [3.63, 3.8) is 0 Å². The zero-order valence-corrected chi connectivity index (χ0v) is 14.0. The third-order valence-corrected chi connectivity index (χ3v) is 3.27. The molecule has 4 nitrogen and oxygen atoms in total. The Kier molecular flexibility index (Phi) is 6.06. The number of benzene rings is 1. The molecule has 0 aliphatic rings. The van der Waals surface area contributed by atoms with Crippen molar-refractivity contribution >= 4 is 5.91 Å². The Morgan fingerprint density at radius 1 is 1.19 bits per heavy atom. The highest BCUT2D eigenvalue weighted by molar-refractivity contribution is 5.76. The van der Waals surface area contributed by atoms with Crippen molar-refractivity contribution in [3.05, 3.63) is 23.3 Å². The molecule has 1 aromatic rings. The van der Waals surface area contributed by atoms with E-state index in [1.54, 1.807) is 14.2 Å². The van der Waals surface area contributed by atoms with Crippen molar-refractivity contribution in [2.45, 2.75) is 40.5 Å². The molecule has 0 atom stereocenters. The molecule has 0 fully saturated rings. The Hall–Kier alpha value is -1.71. The van der Waals surface area contributed by atoms with Gasteiger partial charge in [-0.2, -0.15) is 0 Å². The Labute approximate surface area is 127 Å². The van der Waals surface area contributed by atoms with Crippen LogP contribution < -0.4 is 14.8 Å². The first-order valence-electron chi connectivity index (χ1n) is 7.25. The van der Waals surface area contributed by atoms with E-state index in [1.165, 1.54) is 0 Å². The van der Waals surface area contributed by atoms with Gasteiger partial charge in [0.1, 0.15) is 11.5 Å². The van der Waals surface area contributed by atoms with E-state index in [1.807, 2.05) is 19.1 Å². The lowest BCUT2D eigenvalue weighted by molar-refractivity contribution is -0.122. The van der Waals surface area contributed by atoms with E-state index in [9.17, 15) is 4.79 Å².